The number of hydrogen-bond donors (Lipinski definition) is 1. The van der Waals surface area contributed by atoms with Crippen LogP contribution in [0.2, 0.25) is 0 Å². The topological polar surface area (TPSA) is 42.0 Å². The molecular formula is C21H22N2OS. The lowest BCUT2D eigenvalue weighted by Gasteiger charge is -2.07. The van der Waals surface area contributed by atoms with E-state index in [1.165, 1.54) is 22.5 Å². The van der Waals surface area contributed by atoms with Gasteiger partial charge in [-0.3, -0.25) is 4.79 Å². The summed E-state index contributed by atoms with van der Waals surface area (Å²) in [5.41, 5.74) is 4.46. The quantitative estimate of drug-likeness (QED) is 0.637. The number of aryl methyl sites for hydroxylation is 1. The molecule has 3 aromatic rings. The van der Waals surface area contributed by atoms with Crippen molar-refractivity contribution < 1.29 is 4.79 Å². The number of hydrogen-bond acceptors (Lipinski definition) is 3. The fraction of sp³-hybridized carbons (Fsp3) is 0.238. The molecule has 1 N–H and O–H groups in total. The number of rotatable bonds is 6. The number of nitrogens with zero attached hydrogens (tertiary/aromatic N) is 1. The van der Waals surface area contributed by atoms with Gasteiger partial charge in [0.2, 0.25) is 5.91 Å². The number of benzene rings is 2. The van der Waals surface area contributed by atoms with Gasteiger partial charge in [0.1, 0.15) is 0 Å². The summed E-state index contributed by atoms with van der Waals surface area (Å²) in [4.78, 5) is 16.7. The zero-order chi connectivity index (χ0) is 17.6. The standard InChI is InChI=1S/C21H22N2OS/c1-15(2)17-11-8-16(9-12-17)10-13-20(24)23-21-22-19(14-25-21)18-6-4-3-5-7-18/h3-9,11-12,14-15H,10,13H2,1-2H3,(H,22,23,24). The molecular weight excluding hydrogens is 328 g/mol. The van der Waals surface area contributed by atoms with Crippen molar-refractivity contribution >= 4 is 22.4 Å². The highest BCUT2D eigenvalue weighted by molar-refractivity contribution is 7.14. The van der Waals surface area contributed by atoms with Crippen molar-refractivity contribution in [3.05, 3.63) is 71.1 Å². The van der Waals surface area contributed by atoms with Gasteiger partial charge in [0.15, 0.2) is 5.13 Å². The summed E-state index contributed by atoms with van der Waals surface area (Å²) in [5.74, 6) is 0.531. The van der Waals surface area contributed by atoms with Crippen LogP contribution in [0, 0.1) is 0 Å². The van der Waals surface area contributed by atoms with Crippen molar-refractivity contribution in [1.82, 2.24) is 4.98 Å². The average molecular weight is 350 g/mol. The van der Waals surface area contributed by atoms with Crippen LogP contribution in [0.1, 0.15) is 37.3 Å². The van der Waals surface area contributed by atoms with E-state index in [0.29, 0.717) is 17.5 Å². The van der Waals surface area contributed by atoms with Gasteiger partial charge in [-0.15, -0.1) is 11.3 Å². The van der Waals surface area contributed by atoms with Crippen LogP contribution < -0.4 is 5.32 Å². The maximum absolute atomic E-state index is 12.2. The first-order valence-electron chi connectivity index (χ1n) is 8.51. The first-order valence-corrected chi connectivity index (χ1v) is 9.39. The summed E-state index contributed by atoms with van der Waals surface area (Å²) in [5, 5.41) is 5.52. The molecule has 0 fully saturated rings. The number of carbonyl (C=O) groups excluding carboxylic acids is 1. The van der Waals surface area contributed by atoms with Gasteiger partial charge < -0.3 is 5.32 Å². The Kier molecular flexibility index (Phi) is 5.61. The second kappa shape index (κ2) is 8.08. The summed E-state index contributed by atoms with van der Waals surface area (Å²) in [6, 6.07) is 18.5. The zero-order valence-corrected chi connectivity index (χ0v) is 15.3. The Morgan fingerprint density at radius 1 is 1.08 bits per heavy atom. The third-order valence-corrected chi connectivity index (χ3v) is 4.86. The molecule has 2 aromatic carbocycles. The van der Waals surface area contributed by atoms with Crippen molar-refractivity contribution in [2.45, 2.75) is 32.6 Å². The predicted molar refractivity (Wildman–Crippen MR) is 105 cm³/mol. The van der Waals surface area contributed by atoms with Gasteiger partial charge in [0.25, 0.3) is 0 Å². The van der Waals surface area contributed by atoms with Crippen LogP contribution >= 0.6 is 11.3 Å². The molecule has 1 amide bonds. The molecule has 0 saturated heterocycles. The smallest absolute Gasteiger partial charge is 0.226 e. The van der Waals surface area contributed by atoms with Gasteiger partial charge in [-0.2, -0.15) is 0 Å². The highest BCUT2D eigenvalue weighted by Crippen LogP contribution is 2.24. The van der Waals surface area contributed by atoms with E-state index < -0.39 is 0 Å². The molecule has 128 valence electrons. The van der Waals surface area contributed by atoms with Crippen molar-refractivity contribution in [3.63, 3.8) is 0 Å². The number of anilines is 1. The lowest BCUT2D eigenvalue weighted by atomic mass is 10.0. The third kappa shape index (κ3) is 4.77. The first kappa shape index (κ1) is 17.4. The SMILES string of the molecule is CC(C)c1ccc(CCC(=O)Nc2nc(-c3ccccc3)cs2)cc1. The van der Waals surface area contributed by atoms with Gasteiger partial charge in [0, 0.05) is 17.4 Å². The molecule has 3 rings (SSSR count). The molecule has 0 spiro atoms. The minimum atomic E-state index is 0.00176. The van der Waals surface area contributed by atoms with Crippen LogP contribution in [0.5, 0.6) is 0 Å². The summed E-state index contributed by atoms with van der Waals surface area (Å²) in [6.45, 7) is 4.36. The van der Waals surface area contributed by atoms with Gasteiger partial charge in [-0.25, -0.2) is 4.98 Å². The van der Waals surface area contributed by atoms with Crippen LogP contribution in [-0.4, -0.2) is 10.9 Å². The van der Waals surface area contributed by atoms with E-state index in [-0.39, 0.29) is 5.91 Å². The van der Waals surface area contributed by atoms with E-state index in [9.17, 15) is 4.79 Å². The van der Waals surface area contributed by atoms with Crippen LogP contribution in [0.3, 0.4) is 0 Å². The fourth-order valence-electron chi connectivity index (χ4n) is 2.58. The Bertz CT molecular complexity index is 823. The molecule has 1 aromatic heterocycles. The lowest BCUT2D eigenvalue weighted by Crippen LogP contribution is -2.12. The normalized spacial score (nSPS) is 10.8. The molecule has 0 aliphatic carbocycles. The van der Waals surface area contributed by atoms with Gasteiger partial charge in [0.05, 0.1) is 5.69 Å². The highest BCUT2D eigenvalue weighted by Gasteiger charge is 2.08. The van der Waals surface area contributed by atoms with Crippen LogP contribution in [0.25, 0.3) is 11.3 Å². The van der Waals surface area contributed by atoms with E-state index in [0.717, 1.165) is 17.7 Å². The predicted octanol–water partition coefficient (Wildman–Crippen LogP) is 5.50. The summed E-state index contributed by atoms with van der Waals surface area (Å²) in [6.07, 6.45) is 1.20. The van der Waals surface area contributed by atoms with E-state index in [4.69, 9.17) is 0 Å². The van der Waals surface area contributed by atoms with E-state index in [1.807, 2.05) is 35.7 Å². The molecule has 3 nitrogen and oxygen atoms in total. The van der Waals surface area contributed by atoms with Gasteiger partial charge in [-0.05, 0) is 23.5 Å². The number of carbonyl (C=O) groups is 1. The zero-order valence-electron chi connectivity index (χ0n) is 14.5. The Hall–Kier alpha value is -2.46. The Morgan fingerprint density at radius 2 is 1.80 bits per heavy atom. The molecule has 0 aliphatic rings. The maximum atomic E-state index is 12.2. The molecule has 0 saturated carbocycles. The van der Waals surface area contributed by atoms with E-state index in [2.05, 4.69) is 48.4 Å². The third-order valence-electron chi connectivity index (χ3n) is 4.11. The number of nitrogens with one attached hydrogen (secondary N) is 1. The monoisotopic (exact) mass is 350 g/mol. The maximum Gasteiger partial charge on any atom is 0.226 e. The van der Waals surface area contributed by atoms with Crippen molar-refractivity contribution in [3.8, 4) is 11.3 Å². The molecule has 0 radical (unpaired) electrons. The summed E-state index contributed by atoms with van der Waals surface area (Å²) < 4.78 is 0. The van der Waals surface area contributed by atoms with Crippen LogP contribution in [0.4, 0.5) is 5.13 Å². The average Bonchev–Trinajstić information content (AvgIpc) is 3.09. The molecule has 1 heterocycles. The van der Waals surface area contributed by atoms with Crippen LogP contribution in [0.15, 0.2) is 60.0 Å². The molecule has 0 aliphatic heterocycles. The Morgan fingerprint density at radius 3 is 2.48 bits per heavy atom. The number of amides is 1. The minimum absolute atomic E-state index is 0.00176. The van der Waals surface area contributed by atoms with Crippen molar-refractivity contribution in [1.29, 1.82) is 0 Å². The second-order valence-electron chi connectivity index (χ2n) is 6.35. The molecule has 0 bridgehead atoms. The molecule has 25 heavy (non-hydrogen) atoms. The number of aromatic nitrogens is 1. The Balaban J connectivity index is 1.53. The molecule has 0 atom stereocenters. The number of thiazole rings is 1. The molecule has 4 heteroatoms. The van der Waals surface area contributed by atoms with E-state index >= 15 is 0 Å². The minimum Gasteiger partial charge on any atom is -0.302 e. The fourth-order valence-corrected chi connectivity index (χ4v) is 3.32. The van der Waals surface area contributed by atoms with Crippen molar-refractivity contribution in [2.24, 2.45) is 0 Å². The van der Waals surface area contributed by atoms with Crippen molar-refractivity contribution in [2.75, 3.05) is 5.32 Å². The molecule has 0 unspecified atom stereocenters. The summed E-state index contributed by atoms with van der Waals surface area (Å²) in [7, 11) is 0. The van der Waals surface area contributed by atoms with Crippen LogP contribution in [-0.2, 0) is 11.2 Å². The second-order valence-corrected chi connectivity index (χ2v) is 7.21. The van der Waals surface area contributed by atoms with Gasteiger partial charge >= 0.3 is 0 Å². The van der Waals surface area contributed by atoms with E-state index in [1.54, 1.807) is 0 Å². The lowest BCUT2D eigenvalue weighted by molar-refractivity contribution is -0.116. The highest BCUT2D eigenvalue weighted by atomic mass is 32.1. The summed E-state index contributed by atoms with van der Waals surface area (Å²) >= 11 is 1.46. The Labute approximate surface area is 152 Å². The largest absolute Gasteiger partial charge is 0.302 e. The van der Waals surface area contributed by atoms with Gasteiger partial charge in [-0.1, -0.05) is 68.4 Å². The first-order chi connectivity index (χ1) is 12.1.